The van der Waals surface area contributed by atoms with Crippen molar-refractivity contribution in [3.63, 3.8) is 0 Å². The molecule has 3 atom stereocenters. The van der Waals surface area contributed by atoms with Gasteiger partial charge >= 0.3 is 11.9 Å². The molecule has 0 aromatic heterocycles. The van der Waals surface area contributed by atoms with Gasteiger partial charge in [-0.15, -0.1) is 0 Å². The number of carbonyl (C=O) groups excluding carboxylic acids is 2. The van der Waals surface area contributed by atoms with Gasteiger partial charge in [-0.1, -0.05) is 6.08 Å². The highest BCUT2D eigenvalue weighted by Crippen LogP contribution is 2.27. The van der Waals surface area contributed by atoms with E-state index in [1.807, 2.05) is 6.08 Å². The summed E-state index contributed by atoms with van der Waals surface area (Å²) < 4.78 is 9.74. The molecule has 0 unspecified atom stereocenters. The van der Waals surface area contributed by atoms with Gasteiger partial charge in [-0.3, -0.25) is 9.59 Å². The highest BCUT2D eigenvalue weighted by atomic mass is 16.6. The maximum absolute atomic E-state index is 11.4. The van der Waals surface area contributed by atoms with Crippen LogP contribution in [0.15, 0.2) is 12.2 Å². The first kappa shape index (κ1) is 8.29. The number of cyclic esters (lactones) is 2. The second-order valence-corrected chi connectivity index (χ2v) is 3.30. The third-order valence-electron chi connectivity index (χ3n) is 2.29. The van der Waals surface area contributed by atoms with Crippen molar-refractivity contribution < 1.29 is 19.1 Å². The van der Waals surface area contributed by atoms with Crippen molar-refractivity contribution in [3.8, 4) is 0 Å². The molecule has 2 aliphatic rings. The zero-order chi connectivity index (χ0) is 9.42. The van der Waals surface area contributed by atoms with Crippen LogP contribution in [-0.2, 0) is 19.1 Å². The van der Waals surface area contributed by atoms with Gasteiger partial charge in [0.15, 0.2) is 5.92 Å². The number of carbonyl (C=O) groups is 2. The molecule has 2 rings (SSSR count). The first-order valence-corrected chi connectivity index (χ1v) is 4.24. The molecule has 70 valence electrons. The first-order chi connectivity index (χ1) is 6.18. The first-order valence-electron chi connectivity index (χ1n) is 4.24. The summed E-state index contributed by atoms with van der Waals surface area (Å²) in [5.41, 5.74) is 0. The number of fused-ring (bicyclic) bond motifs is 1. The van der Waals surface area contributed by atoms with E-state index in [1.165, 1.54) is 0 Å². The normalized spacial score (nSPS) is 37.8. The third kappa shape index (κ3) is 1.32. The molecule has 1 fully saturated rings. The Morgan fingerprint density at radius 2 is 2.08 bits per heavy atom. The Morgan fingerprint density at radius 1 is 1.31 bits per heavy atom. The van der Waals surface area contributed by atoms with Crippen molar-refractivity contribution in [1.82, 2.24) is 0 Å². The van der Waals surface area contributed by atoms with Gasteiger partial charge in [0.2, 0.25) is 0 Å². The van der Waals surface area contributed by atoms with E-state index in [9.17, 15) is 9.59 Å². The lowest BCUT2D eigenvalue weighted by Crippen LogP contribution is -2.26. The molecule has 0 aromatic carbocycles. The van der Waals surface area contributed by atoms with Gasteiger partial charge in [-0.05, 0) is 13.0 Å². The molecule has 0 aliphatic carbocycles. The molecule has 4 heteroatoms. The van der Waals surface area contributed by atoms with Crippen molar-refractivity contribution in [2.45, 2.75) is 13.0 Å². The van der Waals surface area contributed by atoms with E-state index in [4.69, 9.17) is 9.47 Å². The van der Waals surface area contributed by atoms with Crippen LogP contribution in [0.3, 0.4) is 0 Å². The Bertz CT molecular complexity index is 281. The quantitative estimate of drug-likeness (QED) is 0.306. The summed E-state index contributed by atoms with van der Waals surface area (Å²) in [5, 5.41) is 0. The topological polar surface area (TPSA) is 52.6 Å². The fourth-order valence-corrected chi connectivity index (χ4v) is 1.57. The minimum Gasteiger partial charge on any atom is -0.464 e. The number of hydrogen-bond donors (Lipinski definition) is 0. The van der Waals surface area contributed by atoms with Gasteiger partial charge in [-0.2, -0.15) is 0 Å². The van der Waals surface area contributed by atoms with Crippen molar-refractivity contribution >= 4 is 11.9 Å². The third-order valence-corrected chi connectivity index (χ3v) is 2.29. The number of esters is 2. The molecule has 2 aliphatic heterocycles. The summed E-state index contributed by atoms with van der Waals surface area (Å²) >= 11 is 0. The average Bonchev–Trinajstić information content (AvgIpc) is 2.36. The van der Waals surface area contributed by atoms with Crippen molar-refractivity contribution in [3.05, 3.63) is 12.2 Å². The Kier molecular flexibility index (Phi) is 1.83. The van der Waals surface area contributed by atoms with Crippen LogP contribution in [0.4, 0.5) is 0 Å². The minimum absolute atomic E-state index is 0.134. The van der Waals surface area contributed by atoms with Crippen LogP contribution >= 0.6 is 0 Å². The maximum Gasteiger partial charge on any atom is 0.321 e. The van der Waals surface area contributed by atoms with E-state index in [1.54, 1.807) is 13.0 Å². The number of hydrogen-bond acceptors (Lipinski definition) is 4. The van der Waals surface area contributed by atoms with E-state index < -0.39 is 17.9 Å². The van der Waals surface area contributed by atoms with Crippen LogP contribution < -0.4 is 0 Å². The number of rotatable bonds is 0. The minimum atomic E-state index is -0.735. The van der Waals surface area contributed by atoms with Gasteiger partial charge in [0, 0.05) is 5.92 Å². The highest BCUT2D eigenvalue weighted by Gasteiger charge is 2.43. The van der Waals surface area contributed by atoms with Gasteiger partial charge in [0.25, 0.3) is 0 Å². The van der Waals surface area contributed by atoms with E-state index in [0.29, 0.717) is 6.61 Å². The molecule has 0 amide bonds. The Balaban J connectivity index is 2.27. The molecule has 0 N–H and O–H groups in total. The molecule has 4 nitrogen and oxygen atoms in total. The van der Waals surface area contributed by atoms with Crippen LogP contribution in [-0.4, -0.2) is 24.6 Å². The van der Waals surface area contributed by atoms with Crippen LogP contribution in [0.2, 0.25) is 0 Å². The van der Waals surface area contributed by atoms with Crippen LogP contribution in [0, 0.1) is 11.8 Å². The zero-order valence-corrected chi connectivity index (χ0v) is 7.23. The summed E-state index contributed by atoms with van der Waals surface area (Å²) in [5.74, 6) is -1.80. The van der Waals surface area contributed by atoms with Gasteiger partial charge in [0.1, 0.15) is 6.10 Å². The lowest BCUT2D eigenvalue weighted by atomic mass is 9.96. The predicted octanol–water partition coefficient (Wildman–Crippen LogP) is 0.277. The van der Waals surface area contributed by atoms with Crippen molar-refractivity contribution in [2.24, 2.45) is 11.8 Å². The smallest absolute Gasteiger partial charge is 0.321 e. The highest BCUT2D eigenvalue weighted by molar-refractivity contribution is 5.97. The molecule has 0 aromatic rings. The fourth-order valence-electron chi connectivity index (χ4n) is 1.57. The van der Waals surface area contributed by atoms with Gasteiger partial charge < -0.3 is 9.47 Å². The molecular formula is C9H10O4. The van der Waals surface area contributed by atoms with E-state index in [-0.39, 0.29) is 12.0 Å². The second-order valence-electron chi connectivity index (χ2n) is 3.30. The lowest BCUT2D eigenvalue weighted by Gasteiger charge is -2.09. The fraction of sp³-hybridized carbons (Fsp3) is 0.556. The Hall–Kier alpha value is -1.32. The van der Waals surface area contributed by atoms with Crippen molar-refractivity contribution in [1.29, 1.82) is 0 Å². The Labute approximate surface area is 75.5 Å². The monoisotopic (exact) mass is 182 g/mol. The summed E-state index contributed by atoms with van der Waals surface area (Å²) in [6.07, 6.45) is 3.36. The summed E-state index contributed by atoms with van der Waals surface area (Å²) in [6, 6.07) is 0. The standard InChI is InChI=1S/C9H10O4/c1-5-2-3-6-4-12-8(10)7(6)9(11)13-5/h2-3,5-7H,4H2,1H3/t5-,6-,7-/m0/s1. The molecule has 0 saturated carbocycles. The molecule has 2 heterocycles. The van der Waals surface area contributed by atoms with Gasteiger partial charge in [0.05, 0.1) is 6.61 Å². The average molecular weight is 182 g/mol. The number of ether oxygens (including phenoxy) is 2. The zero-order valence-electron chi connectivity index (χ0n) is 7.23. The molecule has 0 radical (unpaired) electrons. The maximum atomic E-state index is 11.4. The van der Waals surface area contributed by atoms with E-state index in [2.05, 4.69) is 0 Å². The van der Waals surface area contributed by atoms with E-state index in [0.717, 1.165) is 0 Å². The van der Waals surface area contributed by atoms with Crippen LogP contribution in [0.1, 0.15) is 6.92 Å². The second kappa shape index (κ2) is 2.87. The summed E-state index contributed by atoms with van der Waals surface area (Å²) in [7, 11) is 0. The van der Waals surface area contributed by atoms with Gasteiger partial charge in [-0.25, -0.2) is 0 Å². The summed E-state index contributed by atoms with van der Waals surface area (Å²) in [6.45, 7) is 2.06. The lowest BCUT2D eigenvalue weighted by molar-refractivity contribution is -0.157. The SMILES string of the molecule is C[C@H]1C=C[C@H]2COC(=O)[C@H]2C(=O)O1. The molecule has 1 saturated heterocycles. The van der Waals surface area contributed by atoms with Crippen molar-refractivity contribution in [2.75, 3.05) is 6.61 Å². The van der Waals surface area contributed by atoms with Crippen LogP contribution in [0.25, 0.3) is 0 Å². The van der Waals surface area contributed by atoms with E-state index >= 15 is 0 Å². The largest absolute Gasteiger partial charge is 0.464 e. The summed E-state index contributed by atoms with van der Waals surface area (Å²) in [4.78, 5) is 22.5. The molecule has 13 heavy (non-hydrogen) atoms. The molecular weight excluding hydrogens is 172 g/mol. The Morgan fingerprint density at radius 3 is 2.85 bits per heavy atom. The molecule has 0 bridgehead atoms. The predicted molar refractivity (Wildman–Crippen MR) is 42.6 cm³/mol. The van der Waals surface area contributed by atoms with Crippen LogP contribution in [0.5, 0.6) is 0 Å². The molecule has 0 spiro atoms.